The van der Waals surface area contributed by atoms with Gasteiger partial charge in [0.1, 0.15) is 35.6 Å². The molecular formula is C35H29FN2O5. The molecular weight excluding hydrogens is 547 g/mol. The number of halogens is 1. The van der Waals surface area contributed by atoms with Gasteiger partial charge in [-0.3, -0.25) is 0 Å². The van der Waals surface area contributed by atoms with Crippen LogP contribution in [0.3, 0.4) is 0 Å². The van der Waals surface area contributed by atoms with E-state index in [0.29, 0.717) is 29.4 Å². The van der Waals surface area contributed by atoms with Crippen LogP contribution in [0.2, 0.25) is 0 Å². The number of carbonyl (C=O) groups is 1. The lowest BCUT2D eigenvalue weighted by Gasteiger charge is -2.27. The number of allylic oxidation sites excluding steroid dienone is 1. The zero-order valence-electron chi connectivity index (χ0n) is 23.7. The summed E-state index contributed by atoms with van der Waals surface area (Å²) in [6, 6.07) is 26.3. The zero-order valence-corrected chi connectivity index (χ0v) is 23.7. The van der Waals surface area contributed by atoms with Crippen LogP contribution in [-0.2, 0) is 11.4 Å². The Hall–Kier alpha value is -5.55. The van der Waals surface area contributed by atoms with Crippen molar-refractivity contribution in [1.82, 2.24) is 0 Å². The zero-order chi connectivity index (χ0) is 30.3. The third-order valence-corrected chi connectivity index (χ3v) is 6.81. The maximum absolute atomic E-state index is 13.3. The fraction of sp³-hybridized carbons (Fsp3) is 0.143. The summed E-state index contributed by atoms with van der Waals surface area (Å²) in [5, 5.41) is 9.99. The van der Waals surface area contributed by atoms with Crippen molar-refractivity contribution in [2.24, 2.45) is 5.73 Å². The lowest BCUT2D eigenvalue weighted by atomic mass is 9.83. The van der Waals surface area contributed by atoms with Gasteiger partial charge in [0.25, 0.3) is 0 Å². The van der Waals surface area contributed by atoms with Gasteiger partial charge < -0.3 is 24.7 Å². The van der Waals surface area contributed by atoms with Gasteiger partial charge in [0.2, 0.25) is 5.88 Å². The molecule has 8 heteroatoms. The Morgan fingerprint density at radius 2 is 1.77 bits per heavy atom. The normalized spacial score (nSPS) is 14.0. The van der Waals surface area contributed by atoms with E-state index in [1.807, 2.05) is 44.2 Å². The van der Waals surface area contributed by atoms with Gasteiger partial charge in [-0.25, -0.2) is 9.18 Å². The second-order valence-electron chi connectivity index (χ2n) is 9.84. The smallest absolute Gasteiger partial charge is 0.336 e. The fourth-order valence-corrected chi connectivity index (χ4v) is 4.67. The predicted molar refractivity (Wildman–Crippen MR) is 160 cm³/mol. The average molecular weight is 577 g/mol. The summed E-state index contributed by atoms with van der Waals surface area (Å²) >= 11 is 0. The van der Waals surface area contributed by atoms with Gasteiger partial charge in [0.15, 0.2) is 11.5 Å². The van der Waals surface area contributed by atoms with Gasteiger partial charge in [-0.2, -0.15) is 5.26 Å². The van der Waals surface area contributed by atoms with Crippen LogP contribution >= 0.6 is 0 Å². The van der Waals surface area contributed by atoms with E-state index in [-0.39, 0.29) is 29.6 Å². The Bertz CT molecular complexity index is 1740. The number of nitriles is 1. The van der Waals surface area contributed by atoms with Gasteiger partial charge in [-0.15, -0.1) is 0 Å². The molecule has 0 bridgehead atoms. The SMILES string of the molecule is CCOc1cc(C2C(C#N)=C(N)Oc3cc(OC(=O)/C=C/c4ccc(C)cc4)ccc32)ccc1OCc1ccc(F)cc1. The van der Waals surface area contributed by atoms with E-state index in [9.17, 15) is 14.4 Å². The van der Waals surface area contributed by atoms with Crippen LogP contribution < -0.4 is 24.7 Å². The second-order valence-corrected chi connectivity index (χ2v) is 9.84. The van der Waals surface area contributed by atoms with Crippen molar-refractivity contribution in [3.8, 4) is 29.1 Å². The van der Waals surface area contributed by atoms with Crippen LogP contribution in [0.1, 0.15) is 40.7 Å². The lowest BCUT2D eigenvalue weighted by molar-refractivity contribution is -0.128. The van der Waals surface area contributed by atoms with E-state index in [0.717, 1.165) is 22.3 Å². The average Bonchev–Trinajstić information content (AvgIpc) is 3.00. The first-order valence-electron chi connectivity index (χ1n) is 13.7. The lowest BCUT2D eigenvalue weighted by Crippen LogP contribution is -2.21. The summed E-state index contributed by atoms with van der Waals surface area (Å²) in [5.41, 5.74) is 10.6. The highest BCUT2D eigenvalue weighted by Crippen LogP contribution is 2.45. The summed E-state index contributed by atoms with van der Waals surface area (Å²) < 4.78 is 36.4. The molecule has 1 aliphatic rings. The third kappa shape index (κ3) is 6.85. The third-order valence-electron chi connectivity index (χ3n) is 6.81. The van der Waals surface area contributed by atoms with Gasteiger partial charge in [0, 0.05) is 17.7 Å². The summed E-state index contributed by atoms with van der Waals surface area (Å²) in [6.07, 6.45) is 3.03. The molecule has 0 amide bonds. The number of benzene rings is 4. The number of nitrogens with zero attached hydrogens (tertiary/aromatic N) is 1. The van der Waals surface area contributed by atoms with Crippen LogP contribution in [0.5, 0.6) is 23.0 Å². The Morgan fingerprint density at radius 1 is 1.00 bits per heavy atom. The number of aryl methyl sites for hydroxylation is 1. The quantitative estimate of drug-likeness (QED) is 0.131. The van der Waals surface area contributed by atoms with Gasteiger partial charge >= 0.3 is 5.97 Å². The van der Waals surface area contributed by atoms with Gasteiger partial charge in [0.05, 0.1) is 12.5 Å². The highest BCUT2D eigenvalue weighted by molar-refractivity contribution is 5.88. The number of ether oxygens (including phenoxy) is 4. The standard InChI is InChI=1S/C35H29FN2O5/c1-3-40-32-18-25(11-16-30(32)41-21-24-8-12-26(36)13-9-24)34-28-15-14-27(19-31(28)43-35(38)29(34)20-37)42-33(39)17-10-23-6-4-22(2)5-7-23/h4-19,34H,3,21,38H2,1-2H3/b17-10+. The molecule has 0 fully saturated rings. The van der Waals surface area contributed by atoms with Crippen LogP contribution in [0.4, 0.5) is 4.39 Å². The van der Waals surface area contributed by atoms with E-state index >= 15 is 0 Å². The van der Waals surface area contributed by atoms with E-state index in [1.54, 1.807) is 48.5 Å². The number of nitrogens with two attached hydrogens (primary N) is 1. The summed E-state index contributed by atoms with van der Waals surface area (Å²) in [7, 11) is 0. The predicted octanol–water partition coefficient (Wildman–Crippen LogP) is 6.95. The second kappa shape index (κ2) is 13.0. The Morgan fingerprint density at radius 3 is 2.49 bits per heavy atom. The van der Waals surface area contributed by atoms with E-state index in [4.69, 9.17) is 24.7 Å². The molecule has 216 valence electrons. The molecule has 0 saturated carbocycles. The van der Waals surface area contributed by atoms with Gasteiger partial charge in [-0.05, 0) is 66.9 Å². The molecule has 5 rings (SSSR count). The van der Waals surface area contributed by atoms with Crippen molar-refractivity contribution in [2.45, 2.75) is 26.4 Å². The minimum Gasteiger partial charge on any atom is -0.490 e. The molecule has 1 heterocycles. The Balaban J connectivity index is 1.39. The van der Waals surface area contributed by atoms with Crippen molar-refractivity contribution in [3.63, 3.8) is 0 Å². The van der Waals surface area contributed by atoms with Crippen LogP contribution in [0.15, 0.2) is 102 Å². The van der Waals surface area contributed by atoms with Crippen molar-refractivity contribution in [2.75, 3.05) is 6.61 Å². The Labute approximate surface area is 249 Å². The first kappa shape index (κ1) is 29.0. The summed E-state index contributed by atoms with van der Waals surface area (Å²) in [5.74, 6) is 0.137. The molecule has 4 aromatic rings. The van der Waals surface area contributed by atoms with E-state index in [1.165, 1.54) is 18.2 Å². The molecule has 43 heavy (non-hydrogen) atoms. The van der Waals surface area contributed by atoms with Crippen molar-refractivity contribution >= 4 is 12.0 Å². The molecule has 4 aromatic carbocycles. The summed E-state index contributed by atoms with van der Waals surface area (Å²) in [4.78, 5) is 12.5. The number of rotatable bonds is 9. The van der Waals surface area contributed by atoms with Crippen LogP contribution in [-0.4, -0.2) is 12.6 Å². The highest BCUT2D eigenvalue weighted by Gasteiger charge is 2.31. The highest BCUT2D eigenvalue weighted by atomic mass is 19.1. The number of esters is 1. The molecule has 2 N–H and O–H groups in total. The minimum absolute atomic E-state index is 0.0441. The van der Waals surface area contributed by atoms with E-state index in [2.05, 4.69) is 6.07 Å². The van der Waals surface area contributed by atoms with Crippen molar-refractivity contribution < 1.29 is 28.1 Å². The first-order chi connectivity index (χ1) is 20.8. The maximum Gasteiger partial charge on any atom is 0.336 e. The number of hydrogen-bond donors (Lipinski definition) is 1. The molecule has 1 aliphatic heterocycles. The number of fused-ring (bicyclic) bond motifs is 1. The van der Waals surface area contributed by atoms with Crippen LogP contribution in [0.25, 0.3) is 6.08 Å². The van der Waals surface area contributed by atoms with Crippen LogP contribution in [0, 0.1) is 24.1 Å². The van der Waals surface area contributed by atoms with Gasteiger partial charge in [-0.1, -0.05) is 54.1 Å². The molecule has 0 aliphatic carbocycles. The monoisotopic (exact) mass is 576 g/mol. The topological polar surface area (TPSA) is 104 Å². The molecule has 0 saturated heterocycles. The van der Waals surface area contributed by atoms with Crippen molar-refractivity contribution in [1.29, 1.82) is 5.26 Å². The molecule has 1 unspecified atom stereocenters. The molecule has 0 radical (unpaired) electrons. The Kier molecular flexibility index (Phi) is 8.73. The first-order valence-corrected chi connectivity index (χ1v) is 13.7. The fourth-order valence-electron chi connectivity index (χ4n) is 4.67. The molecule has 7 nitrogen and oxygen atoms in total. The number of carbonyl (C=O) groups excluding carboxylic acids is 1. The molecule has 0 spiro atoms. The maximum atomic E-state index is 13.3. The summed E-state index contributed by atoms with van der Waals surface area (Å²) in [6.45, 7) is 4.46. The minimum atomic E-state index is -0.565. The van der Waals surface area contributed by atoms with E-state index < -0.39 is 11.9 Å². The molecule has 0 aromatic heterocycles. The molecule has 1 atom stereocenters. The largest absolute Gasteiger partial charge is 0.490 e. The van der Waals surface area contributed by atoms with Crippen molar-refractivity contribution in [3.05, 3.63) is 136 Å². The number of hydrogen-bond acceptors (Lipinski definition) is 7.